The number of piperazine rings is 1. The number of likely N-dealkylation sites (N-methyl/N-ethyl adjacent to an activating group) is 1. The molecule has 1 amide bonds. The van der Waals surface area contributed by atoms with Crippen LogP contribution in [-0.4, -0.2) is 73.8 Å². The average molecular weight is 471 g/mol. The highest BCUT2D eigenvalue weighted by Gasteiger charge is 2.23. The highest BCUT2D eigenvalue weighted by molar-refractivity contribution is 6.11. The van der Waals surface area contributed by atoms with Crippen molar-refractivity contribution >= 4 is 51.1 Å². The molecule has 1 aliphatic rings. The summed E-state index contributed by atoms with van der Waals surface area (Å²) < 4.78 is 1.87. The van der Waals surface area contributed by atoms with Gasteiger partial charge in [0.1, 0.15) is 0 Å². The van der Waals surface area contributed by atoms with Crippen LogP contribution in [0.4, 0.5) is 23.3 Å². The fourth-order valence-electron chi connectivity index (χ4n) is 4.40. The molecule has 178 valence electrons. The molecule has 5 aromatic rings. The van der Waals surface area contributed by atoms with Crippen molar-refractivity contribution in [1.29, 1.82) is 0 Å². The minimum atomic E-state index is -0.173. The molecule has 11 heteroatoms. The topological polar surface area (TPSA) is 123 Å². The van der Waals surface area contributed by atoms with E-state index in [1.54, 1.807) is 12.4 Å². The Hall–Kier alpha value is -4.38. The van der Waals surface area contributed by atoms with E-state index in [1.165, 1.54) is 0 Å². The van der Waals surface area contributed by atoms with E-state index in [-0.39, 0.29) is 5.91 Å². The molecule has 0 saturated carbocycles. The van der Waals surface area contributed by atoms with Crippen molar-refractivity contribution in [3.05, 3.63) is 54.5 Å². The highest BCUT2D eigenvalue weighted by Crippen LogP contribution is 2.30. The monoisotopic (exact) mass is 470 g/mol. The SMILES string of the molecule is CN1CCN(c2cc3nc(Nc4nccn4C)[nH]c3cc2C(=O)Nc2ccc3cn[nH]c3c2)CC1. The van der Waals surface area contributed by atoms with E-state index < -0.39 is 0 Å². The van der Waals surface area contributed by atoms with Gasteiger partial charge in [0.15, 0.2) is 0 Å². The van der Waals surface area contributed by atoms with Crippen LogP contribution in [0.3, 0.4) is 0 Å². The third-order valence-electron chi connectivity index (χ3n) is 6.44. The number of hydrogen-bond acceptors (Lipinski definition) is 7. The van der Waals surface area contributed by atoms with E-state index >= 15 is 0 Å². The van der Waals surface area contributed by atoms with Crippen LogP contribution in [0.1, 0.15) is 10.4 Å². The molecule has 11 nitrogen and oxygen atoms in total. The first-order valence-electron chi connectivity index (χ1n) is 11.5. The van der Waals surface area contributed by atoms with Crippen LogP contribution in [0.5, 0.6) is 0 Å². The van der Waals surface area contributed by atoms with E-state index in [4.69, 9.17) is 4.98 Å². The summed E-state index contributed by atoms with van der Waals surface area (Å²) in [7, 11) is 4.02. The summed E-state index contributed by atoms with van der Waals surface area (Å²) in [6, 6.07) is 9.58. The average Bonchev–Trinajstić information content (AvgIpc) is 3.58. The van der Waals surface area contributed by atoms with Crippen molar-refractivity contribution in [3.8, 4) is 0 Å². The predicted molar refractivity (Wildman–Crippen MR) is 136 cm³/mol. The number of aromatic nitrogens is 6. The van der Waals surface area contributed by atoms with Crippen LogP contribution < -0.4 is 15.5 Å². The Labute approximate surface area is 201 Å². The molecule has 1 saturated heterocycles. The van der Waals surface area contributed by atoms with Crippen molar-refractivity contribution in [3.63, 3.8) is 0 Å². The Kier molecular flexibility index (Phi) is 5.10. The second-order valence-corrected chi connectivity index (χ2v) is 8.88. The van der Waals surface area contributed by atoms with Gasteiger partial charge in [-0.3, -0.25) is 15.2 Å². The standard InChI is InChI=1S/C24H26N10O/c1-32-7-9-34(10-8-32)21-13-20-19(28-23(29-20)30-24-25-5-6-33(24)2)12-17(21)22(35)27-16-4-3-15-14-26-31-18(15)11-16/h3-6,11-14H,7-10H2,1-2H3,(H,26,31)(H,27,35)(H2,25,28,29,30). The van der Waals surface area contributed by atoms with Gasteiger partial charge in [-0.05, 0) is 37.4 Å². The summed E-state index contributed by atoms with van der Waals surface area (Å²) in [6.07, 6.45) is 5.34. The molecular formula is C24H26N10O. The van der Waals surface area contributed by atoms with Crippen molar-refractivity contribution in [2.45, 2.75) is 0 Å². The van der Waals surface area contributed by atoms with Gasteiger partial charge in [0, 0.05) is 56.7 Å². The second-order valence-electron chi connectivity index (χ2n) is 8.88. The summed E-state index contributed by atoms with van der Waals surface area (Å²) in [5.41, 5.74) is 4.61. The molecular weight excluding hydrogens is 444 g/mol. The van der Waals surface area contributed by atoms with Gasteiger partial charge in [0.05, 0.1) is 34.0 Å². The molecule has 0 spiro atoms. The van der Waals surface area contributed by atoms with E-state index in [9.17, 15) is 4.79 Å². The van der Waals surface area contributed by atoms with E-state index in [1.807, 2.05) is 48.1 Å². The third kappa shape index (κ3) is 4.06. The van der Waals surface area contributed by atoms with Gasteiger partial charge in [-0.2, -0.15) is 5.10 Å². The first-order valence-corrected chi connectivity index (χ1v) is 11.5. The zero-order valence-corrected chi connectivity index (χ0v) is 19.5. The molecule has 3 aromatic heterocycles. The number of amides is 1. The van der Waals surface area contributed by atoms with Gasteiger partial charge in [-0.15, -0.1) is 0 Å². The molecule has 4 N–H and O–H groups in total. The van der Waals surface area contributed by atoms with Gasteiger partial charge in [0.25, 0.3) is 5.91 Å². The molecule has 0 unspecified atom stereocenters. The number of nitrogens with one attached hydrogen (secondary N) is 4. The van der Waals surface area contributed by atoms with Gasteiger partial charge in [-0.25, -0.2) is 9.97 Å². The Morgan fingerprint density at radius 3 is 2.71 bits per heavy atom. The molecule has 4 heterocycles. The quantitative estimate of drug-likeness (QED) is 0.311. The summed E-state index contributed by atoms with van der Waals surface area (Å²) in [4.78, 5) is 30.4. The van der Waals surface area contributed by atoms with Crippen molar-refractivity contribution in [2.75, 3.05) is 48.8 Å². The van der Waals surface area contributed by atoms with Crippen molar-refractivity contribution in [2.24, 2.45) is 7.05 Å². The number of anilines is 4. The number of carbonyl (C=O) groups is 1. The number of rotatable bonds is 5. The zero-order chi connectivity index (χ0) is 23.9. The zero-order valence-electron chi connectivity index (χ0n) is 19.5. The normalized spacial score (nSPS) is 14.6. The van der Waals surface area contributed by atoms with E-state index in [0.29, 0.717) is 23.1 Å². The number of imidazole rings is 2. The number of H-pyrrole nitrogens is 2. The van der Waals surface area contributed by atoms with Crippen LogP contribution in [0, 0.1) is 0 Å². The second kappa shape index (κ2) is 8.44. The molecule has 6 rings (SSSR count). The number of carbonyl (C=O) groups excluding carboxylic acids is 1. The van der Waals surface area contributed by atoms with E-state index in [0.717, 1.165) is 53.8 Å². The minimum Gasteiger partial charge on any atom is -0.368 e. The lowest BCUT2D eigenvalue weighted by Crippen LogP contribution is -2.45. The number of aromatic amines is 2. The maximum atomic E-state index is 13.5. The van der Waals surface area contributed by atoms with Gasteiger partial charge in [-0.1, -0.05) is 0 Å². The number of benzene rings is 2. The lowest BCUT2D eigenvalue weighted by atomic mass is 10.1. The molecule has 35 heavy (non-hydrogen) atoms. The number of nitrogens with zero attached hydrogens (tertiary/aromatic N) is 6. The number of fused-ring (bicyclic) bond motifs is 2. The Balaban J connectivity index is 1.36. The van der Waals surface area contributed by atoms with Gasteiger partial charge >= 0.3 is 0 Å². The summed E-state index contributed by atoms with van der Waals surface area (Å²) >= 11 is 0. The number of hydrogen-bond donors (Lipinski definition) is 4. The lowest BCUT2D eigenvalue weighted by molar-refractivity contribution is 0.102. The maximum Gasteiger partial charge on any atom is 0.257 e. The molecule has 0 atom stereocenters. The van der Waals surface area contributed by atoms with Gasteiger partial charge in [0.2, 0.25) is 11.9 Å². The Bertz CT molecular complexity index is 1520. The molecule has 1 aliphatic heterocycles. The number of aryl methyl sites for hydroxylation is 1. The van der Waals surface area contributed by atoms with Crippen LogP contribution >= 0.6 is 0 Å². The van der Waals surface area contributed by atoms with Crippen LogP contribution in [-0.2, 0) is 7.05 Å². The molecule has 1 fully saturated rings. The molecule has 0 bridgehead atoms. The lowest BCUT2D eigenvalue weighted by Gasteiger charge is -2.35. The largest absolute Gasteiger partial charge is 0.368 e. The Morgan fingerprint density at radius 2 is 1.91 bits per heavy atom. The summed E-state index contributed by atoms with van der Waals surface area (Å²) in [6.45, 7) is 3.54. The first kappa shape index (κ1) is 21.2. The van der Waals surface area contributed by atoms with Gasteiger partial charge < -0.3 is 24.7 Å². The van der Waals surface area contributed by atoms with Crippen LogP contribution in [0.25, 0.3) is 21.9 Å². The molecule has 0 aliphatic carbocycles. The fourth-order valence-corrected chi connectivity index (χ4v) is 4.40. The summed E-state index contributed by atoms with van der Waals surface area (Å²) in [5, 5.41) is 14.3. The molecule has 0 radical (unpaired) electrons. The van der Waals surface area contributed by atoms with Crippen molar-refractivity contribution < 1.29 is 4.79 Å². The van der Waals surface area contributed by atoms with Crippen molar-refractivity contribution in [1.82, 2.24) is 34.6 Å². The maximum absolute atomic E-state index is 13.5. The predicted octanol–water partition coefficient (Wildman–Crippen LogP) is 2.92. The van der Waals surface area contributed by atoms with Crippen LogP contribution in [0.15, 0.2) is 48.9 Å². The first-order chi connectivity index (χ1) is 17.0. The fraction of sp³-hybridized carbons (Fsp3) is 0.250. The third-order valence-corrected chi connectivity index (χ3v) is 6.44. The smallest absolute Gasteiger partial charge is 0.257 e. The summed E-state index contributed by atoms with van der Waals surface area (Å²) in [5.74, 6) is 1.07. The highest BCUT2D eigenvalue weighted by atomic mass is 16.1. The Morgan fingerprint density at radius 1 is 1.06 bits per heavy atom. The van der Waals surface area contributed by atoms with Crippen LogP contribution in [0.2, 0.25) is 0 Å². The molecule has 2 aromatic carbocycles. The van der Waals surface area contributed by atoms with E-state index in [2.05, 4.69) is 47.6 Å². The minimum absolute atomic E-state index is 0.173.